The fourth-order valence-corrected chi connectivity index (χ4v) is 9.62. The third kappa shape index (κ3) is 4.79. The standard InChI is InChI=1S/C36H23Br2Cl2NO7/c1-18(33(45)47-17-28(42)19-10-13-21(14-11-19)48-34(46)20-12-15-26(39)27(40)16-20)41-31(43)29-30(32(41)44)36(38)23-7-3-2-6-22(23)35(29,37)24-8-4-5-9-25(24)36/h2-16,18,29-30H,17H2,1H3. The van der Waals surface area contributed by atoms with Crippen LogP contribution in [-0.2, 0) is 27.8 Å². The Labute approximate surface area is 301 Å². The Balaban J connectivity index is 1.05. The van der Waals surface area contributed by atoms with Gasteiger partial charge in [-0.05, 0) is 71.6 Å². The molecule has 0 saturated carbocycles. The first-order valence-electron chi connectivity index (χ1n) is 14.8. The minimum absolute atomic E-state index is 0.174. The van der Waals surface area contributed by atoms with E-state index in [1.807, 2.05) is 48.5 Å². The quantitative estimate of drug-likeness (QED) is 0.0638. The number of esters is 2. The van der Waals surface area contributed by atoms with Crippen molar-refractivity contribution in [3.8, 4) is 5.75 Å². The fraction of sp³-hybridized carbons (Fsp3) is 0.194. The highest BCUT2D eigenvalue weighted by Crippen LogP contribution is 2.70. The number of Topliss-reactive ketones (excluding diaryl/α,β-unsaturated/α-hetero) is 1. The lowest BCUT2D eigenvalue weighted by atomic mass is 9.54. The van der Waals surface area contributed by atoms with E-state index in [4.69, 9.17) is 32.7 Å². The summed E-state index contributed by atoms with van der Waals surface area (Å²) < 4.78 is 8.68. The summed E-state index contributed by atoms with van der Waals surface area (Å²) >= 11 is 19.7. The van der Waals surface area contributed by atoms with Crippen LogP contribution in [-0.4, -0.2) is 47.1 Å². The number of ether oxygens (including phenoxy) is 2. The highest BCUT2D eigenvalue weighted by molar-refractivity contribution is 9.10. The molecule has 2 bridgehead atoms. The maximum atomic E-state index is 14.2. The Morgan fingerprint density at radius 2 is 1.23 bits per heavy atom. The molecule has 48 heavy (non-hydrogen) atoms. The van der Waals surface area contributed by atoms with Crippen LogP contribution in [0, 0.1) is 11.8 Å². The first-order valence-corrected chi connectivity index (χ1v) is 17.1. The van der Waals surface area contributed by atoms with Gasteiger partial charge in [0, 0.05) is 5.56 Å². The first-order chi connectivity index (χ1) is 22.9. The van der Waals surface area contributed by atoms with Crippen LogP contribution in [0.1, 0.15) is 49.9 Å². The van der Waals surface area contributed by atoms with Gasteiger partial charge in [-0.2, -0.15) is 0 Å². The number of imide groups is 1. The number of carbonyl (C=O) groups is 5. The summed E-state index contributed by atoms with van der Waals surface area (Å²) in [4.78, 5) is 68.0. The van der Waals surface area contributed by atoms with Gasteiger partial charge in [-0.1, -0.05) is 104 Å². The van der Waals surface area contributed by atoms with Crippen molar-refractivity contribution in [3.05, 3.63) is 134 Å². The number of hydrogen-bond donors (Lipinski definition) is 0. The molecule has 4 aromatic carbocycles. The van der Waals surface area contributed by atoms with Gasteiger partial charge < -0.3 is 9.47 Å². The molecule has 3 aliphatic carbocycles. The van der Waals surface area contributed by atoms with Gasteiger partial charge in [0.25, 0.3) is 0 Å². The summed E-state index contributed by atoms with van der Waals surface area (Å²) in [6, 6.07) is 24.1. The Bertz CT molecular complexity index is 1950. The molecule has 2 amide bonds. The van der Waals surface area contributed by atoms with Gasteiger partial charge in [-0.25, -0.2) is 9.59 Å². The summed E-state index contributed by atoms with van der Waals surface area (Å²) in [5.74, 6) is -4.61. The van der Waals surface area contributed by atoms with Gasteiger partial charge >= 0.3 is 11.9 Å². The second-order valence-electron chi connectivity index (χ2n) is 11.8. The smallest absolute Gasteiger partial charge is 0.343 e. The highest BCUT2D eigenvalue weighted by atomic mass is 79.9. The minimum Gasteiger partial charge on any atom is -0.456 e. The van der Waals surface area contributed by atoms with Gasteiger partial charge in [-0.15, -0.1) is 0 Å². The van der Waals surface area contributed by atoms with E-state index in [0.29, 0.717) is 5.02 Å². The van der Waals surface area contributed by atoms with Crippen LogP contribution >= 0.6 is 55.1 Å². The molecule has 1 fully saturated rings. The Morgan fingerprint density at radius 1 is 0.750 bits per heavy atom. The zero-order valence-electron chi connectivity index (χ0n) is 24.9. The molecule has 3 atom stereocenters. The molecule has 4 aliphatic rings. The number of nitrogens with zero attached hydrogens (tertiary/aromatic N) is 1. The van der Waals surface area contributed by atoms with Crippen LogP contribution in [0.3, 0.4) is 0 Å². The molecular weight excluding hydrogens is 789 g/mol. The van der Waals surface area contributed by atoms with Crippen molar-refractivity contribution in [2.75, 3.05) is 6.61 Å². The number of likely N-dealkylation sites (tertiary alicyclic amines) is 1. The van der Waals surface area contributed by atoms with Crippen LogP contribution in [0.4, 0.5) is 0 Å². The molecule has 0 aromatic heterocycles. The third-order valence-electron chi connectivity index (χ3n) is 9.24. The maximum Gasteiger partial charge on any atom is 0.343 e. The van der Waals surface area contributed by atoms with Crippen LogP contribution < -0.4 is 4.74 Å². The number of alkyl halides is 2. The molecule has 1 heterocycles. The number of carbonyl (C=O) groups excluding carboxylic acids is 5. The summed E-state index contributed by atoms with van der Waals surface area (Å²) in [6.07, 6.45) is 0. The third-order valence-corrected chi connectivity index (χ3v) is 12.7. The molecule has 0 radical (unpaired) electrons. The lowest BCUT2D eigenvalue weighted by Crippen LogP contribution is -2.56. The van der Waals surface area contributed by atoms with E-state index < -0.39 is 62.7 Å². The summed E-state index contributed by atoms with van der Waals surface area (Å²) in [5, 5.41) is 0.501. The van der Waals surface area contributed by atoms with E-state index in [1.54, 1.807) is 0 Å². The SMILES string of the molecule is CC(C(=O)OCC(=O)c1ccc(OC(=O)c2ccc(Cl)c(Cl)c2)cc1)N1C(=O)C2C(C1=O)C1(Br)c3ccccc3C2(Br)c2ccccc21. The Kier molecular flexibility index (Phi) is 8.14. The monoisotopic (exact) mass is 809 g/mol. The summed E-state index contributed by atoms with van der Waals surface area (Å²) in [7, 11) is 0. The topological polar surface area (TPSA) is 107 Å². The molecule has 1 aliphatic heterocycles. The van der Waals surface area contributed by atoms with E-state index in [2.05, 4.69) is 31.9 Å². The maximum absolute atomic E-state index is 14.2. The molecular formula is C36H23Br2Cl2NO7. The molecule has 0 spiro atoms. The second kappa shape index (κ2) is 11.9. The molecule has 8 nitrogen and oxygen atoms in total. The fourth-order valence-electron chi connectivity index (χ4n) is 7.01. The number of ketones is 1. The van der Waals surface area contributed by atoms with Crippen molar-refractivity contribution in [1.82, 2.24) is 4.90 Å². The van der Waals surface area contributed by atoms with Crippen molar-refractivity contribution in [2.24, 2.45) is 11.8 Å². The average Bonchev–Trinajstić information content (AvgIpc) is 3.37. The molecule has 8 rings (SSSR count). The number of hydrogen-bond acceptors (Lipinski definition) is 7. The predicted molar refractivity (Wildman–Crippen MR) is 184 cm³/mol. The van der Waals surface area contributed by atoms with E-state index in [0.717, 1.165) is 27.2 Å². The van der Waals surface area contributed by atoms with E-state index in [1.165, 1.54) is 49.4 Å². The van der Waals surface area contributed by atoms with Crippen molar-refractivity contribution >= 4 is 84.6 Å². The van der Waals surface area contributed by atoms with E-state index in [9.17, 15) is 24.0 Å². The van der Waals surface area contributed by atoms with Crippen LogP contribution in [0.5, 0.6) is 5.75 Å². The van der Waals surface area contributed by atoms with Gasteiger partial charge in [0.2, 0.25) is 11.8 Å². The minimum atomic E-state index is -1.29. The lowest BCUT2D eigenvalue weighted by Gasteiger charge is -2.55. The first kappa shape index (κ1) is 32.7. The summed E-state index contributed by atoms with van der Waals surface area (Å²) in [6.45, 7) is 0.789. The Hall–Kier alpha value is -3.83. The second-order valence-corrected chi connectivity index (χ2v) is 15.1. The Morgan fingerprint density at radius 3 is 1.71 bits per heavy atom. The molecule has 4 aromatic rings. The van der Waals surface area contributed by atoms with Crippen molar-refractivity contribution in [2.45, 2.75) is 21.6 Å². The molecule has 3 unspecified atom stereocenters. The lowest BCUT2D eigenvalue weighted by molar-refractivity contribution is -0.157. The summed E-state index contributed by atoms with van der Waals surface area (Å²) in [5.41, 5.74) is 3.89. The molecule has 242 valence electrons. The van der Waals surface area contributed by atoms with Gasteiger partial charge in [-0.3, -0.25) is 19.3 Å². The van der Waals surface area contributed by atoms with E-state index in [-0.39, 0.29) is 21.9 Å². The van der Waals surface area contributed by atoms with Crippen LogP contribution in [0.25, 0.3) is 0 Å². The average molecular weight is 812 g/mol. The van der Waals surface area contributed by atoms with Crippen LogP contribution in [0.15, 0.2) is 91.0 Å². The van der Waals surface area contributed by atoms with Crippen molar-refractivity contribution < 1.29 is 33.4 Å². The van der Waals surface area contributed by atoms with Gasteiger partial charge in [0.1, 0.15) is 11.8 Å². The number of halogens is 4. The number of rotatable bonds is 7. The largest absolute Gasteiger partial charge is 0.456 e. The van der Waals surface area contributed by atoms with Gasteiger partial charge in [0.15, 0.2) is 12.4 Å². The number of amides is 2. The van der Waals surface area contributed by atoms with Gasteiger partial charge in [0.05, 0.1) is 36.1 Å². The molecule has 0 N–H and O–H groups in total. The highest BCUT2D eigenvalue weighted by Gasteiger charge is 2.73. The molecule has 12 heteroatoms. The predicted octanol–water partition coefficient (Wildman–Crippen LogP) is 7.23. The van der Waals surface area contributed by atoms with E-state index >= 15 is 0 Å². The van der Waals surface area contributed by atoms with Crippen LogP contribution in [0.2, 0.25) is 10.0 Å². The normalized spacial score (nSPS) is 24.0. The zero-order chi connectivity index (χ0) is 34.1. The van der Waals surface area contributed by atoms with Crippen molar-refractivity contribution in [3.63, 3.8) is 0 Å². The van der Waals surface area contributed by atoms with Crippen molar-refractivity contribution in [1.29, 1.82) is 0 Å². The molecule has 1 saturated heterocycles. The number of benzene rings is 4. The zero-order valence-corrected chi connectivity index (χ0v) is 29.6.